The van der Waals surface area contributed by atoms with Crippen molar-refractivity contribution in [2.45, 2.75) is 20.4 Å². The number of carbonyl (C=O) groups is 2. The molecule has 0 aliphatic heterocycles. The van der Waals surface area contributed by atoms with Gasteiger partial charge in [0.25, 0.3) is 11.5 Å². The van der Waals surface area contributed by atoms with Crippen LogP contribution in [0.1, 0.15) is 13.8 Å². The maximum absolute atomic E-state index is 13.3. The standard InChI is InChI=1S/C21H23N3O5S/c1-12(2)10-24-19(23(3)21(27)28)18(16-5-4-8-30-16)15-9-13(29-11-17(22)25)6-7-14(15)20(24)26/h4-9,12H,10-11H2,1-3H3,(H2,22,25)(H,27,28). The number of nitrogens with zero attached hydrogens (tertiary/aromatic N) is 2. The highest BCUT2D eigenvalue weighted by Gasteiger charge is 2.25. The highest BCUT2D eigenvalue weighted by Crippen LogP contribution is 2.39. The van der Waals surface area contributed by atoms with Gasteiger partial charge in [0.15, 0.2) is 6.61 Å². The maximum Gasteiger partial charge on any atom is 0.412 e. The molecule has 0 saturated carbocycles. The van der Waals surface area contributed by atoms with Crippen LogP contribution in [0.25, 0.3) is 21.2 Å². The van der Waals surface area contributed by atoms with Gasteiger partial charge in [0.05, 0.1) is 0 Å². The predicted molar refractivity (Wildman–Crippen MR) is 117 cm³/mol. The second-order valence-corrected chi connectivity index (χ2v) is 8.24. The predicted octanol–water partition coefficient (Wildman–Crippen LogP) is 3.36. The minimum Gasteiger partial charge on any atom is -0.484 e. The Morgan fingerprint density at radius 1 is 1.27 bits per heavy atom. The van der Waals surface area contributed by atoms with Crippen molar-refractivity contribution in [1.29, 1.82) is 0 Å². The molecule has 0 radical (unpaired) electrons. The summed E-state index contributed by atoms with van der Waals surface area (Å²) in [5.41, 5.74) is 5.49. The van der Waals surface area contributed by atoms with Crippen molar-refractivity contribution in [2.75, 3.05) is 18.6 Å². The fourth-order valence-corrected chi connectivity index (χ4v) is 4.08. The quantitative estimate of drug-likeness (QED) is 0.598. The van der Waals surface area contributed by atoms with Crippen LogP contribution in [-0.2, 0) is 11.3 Å². The SMILES string of the molecule is CC(C)Cn1c(N(C)C(=O)O)c(-c2cccs2)c2cc(OCC(N)=O)ccc2c1=O. The Labute approximate surface area is 177 Å². The van der Waals surface area contributed by atoms with Crippen molar-refractivity contribution >= 4 is 39.9 Å². The average molecular weight is 429 g/mol. The molecule has 0 aliphatic rings. The van der Waals surface area contributed by atoms with Crippen molar-refractivity contribution in [3.05, 3.63) is 46.1 Å². The van der Waals surface area contributed by atoms with Crippen molar-refractivity contribution in [2.24, 2.45) is 11.7 Å². The molecule has 3 rings (SSSR count). The van der Waals surface area contributed by atoms with Gasteiger partial charge in [0.2, 0.25) is 0 Å². The fraction of sp³-hybridized carbons (Fsp3) is 0.286. The number of aromatic nitrogens is 1. The second kappa shape index (κ2) is 8.58. The number of benzene rings is 1. The van der Waals surface area contributed by atoms with E-state index >= 15 is 0 Å². The zero-order valence-electron chi connectivity index (χ0n) is 16.9. The average Bonchev–Trinajstić information content (AvgIpc) is 3.21. The molecule has 0 spiro atoms. The molecule has 8 nitrogen and oxygen atoms in total. The number of ether oxygens (including phenoxy) is 1. The van der Waals surface area contributed by atoms with Crippen LogP contribution in [0.2, 0.25) is 0 Å². The third-order valence-corrected chi connectivity index (χ3v) is 5.40. The molecule has 0 atom stereocenters. The van der Waals surface area contributed by atoms with Crippen LogP contribution < -0.4 is 20.9 Å². The molecule has 2 aromatic heterocycles. The molecule has 9 heteroatoms. The number of nitrogens with two attached hydrogens (primary N) is 1. The Balaban J connectivity index is 2.42. The number of rotatable bonds is 7. The lowest BCUT2D eigenvalue weighted by Crippen LogP contribution is -2.34. The number of primary amides is 1. The van der Waals surface area contributed by atoms with E-state index in [4.69, 9.17) is 10.5 Å². The van der Waals surface area contributed by atoms with Crippen molar-refractivity contribution < 1.29 is 19.4 Å². The van der Waals surface area contributed by atoms with Crippen LogP contribution in [0.5, 0.6) is 5.75 Å². The third kappa shape index (κ3) is 4.16. The van der Waals surface area contributed by atoms with E-state index < -0.39 is 12.0 Å². The Hall–Kier alpha value is -3.33. The Morgan fingerprint density at radius 3 is 2.57 bits per heavy atom. The summed E-state index contributed by atoms with van der Waals surface area (Å²) in [6.07, 6.45) is -1.18. The molecule has 0 saturated heterocycles. The number of hydrogen-bond donors (Lipinski definition) is 2. The topological polar surface area (TPSA) is 115 Å². The van der Waals surface area contributed by atoms with Crippen molar-refractivity contribution in [3.63, 3.8) is 0 Å². The van der Waals surface area contributed by atoms with Gasteiger partial charge in [-0.1, -0.05) is 19.9 Å². The molecule has 3 N–H and O–H groups in total. The number of anilines is 1. The summed E-state index contributed by atoms with van der Waals surface area (Å²) in [7, 11) is 1.42. The number of thiophene rings is 1. The molecule has 1 aromatic carbocycles. The summed E-state index contributed by atoms with van der Waals surface area (Å²) in [4.78, 5) is 38.2. The minimum atomic E-state index is -1.18. The van der Waals surface area contributed by atoms with Gasteiger partial charge >= 0.3 is 6.09 Å². The molecule has 2 amide bonds. The lowest BCUT2D eigenvalue weighted by Gasteiger charge is -2.25. The van der Waals surface area contributed by atoms with Gasteiger partial charge in [0.1, 0.15) is 11.6 Å². The summed E-state index contributed by atoms with van der Waals surface area (Å²) in [5.74, 6) is 0.162. The number of carbonyl (C=O) groups excluding carboxylic acids is 1. The Bertz CT molecular complexity index is 1150. The second-order valence-electron chi connectivity index (χ2n) is 7.29. The van der Waals surface area contributed by atoms with Crippen LogP contribution in [-0.4, -0.2) is 35.3 Å². The van der Waals surface area contributed by atoms with E-state index in [0.717, 1.165) is 9.78 Å². The van der Waals surface area contributed by atoms with E-state index in [0.29, 0.717) is 34.4 Å². The van der Waals surface area contributed by atoms with E-state index in [9.17, 15) is 19.5 Å². The lowest BCUT2D eigenvalue weighted by molar-refractivity contribution is -0.119. The normalized spacial score (nSPS) is 11.1. The van der Waals surface area contributed by atoms with Gasteiger partial charge in [-0.3, -0.25) is 19.1 Å². The van der Waals surface area contributed by atoms with Gasteiger partial charge in [-0.15, -0.1) is 11.3 Å². The van der Waals surface area contributed by atoms with Crippen molar-refractivity contribution in [3.8, 4) is 16.2 Å². The van der Waals surface area contributed by atoms with E-state index in [1.165, 1.54) is 23.0 Å². The third-order valence-electron chi connectivity index (χ3n) is 4.52. The highest BCUT2D eigenvalue weighted by molar-refractivity contribution is 7.13. The first-order chi connectivity index (χ1) is 14.2. The molecule has 0 bridgehead atoms. The van der Waals surface area contributed by atoms with Crippen LogP contribution >= 0.6 is 11.3 Å². The van der Waals surface area contributed by atoms with E-state index in [-0.39, 0.29) is 18.1 Å². The smallest absolute Gasteiger partial charge is 0.412 e. The number of carboxylic acid groups (broad SMARTS) is 1. The number of amides is 2. The zero-order valence-corrected chi connectivity index (χ0v) is 17.7. The summed E-state index contributed by atoms with van der Waals surface area (Å²) in [6.45, 7) is 3.99. The first-order valence-electron chi connectivity index (χ1n) is 9.33. The number of fused-ring (bicyclic) bond motifs is 1. The summed E-state index contributed by atoms with van der Waals surface area (Å²) >= 11 is 1.44. The number of hydrogen-bond acceptors (Lipinski definition) is 5. The van der Waals surface area contributed by atoms with E-state index in [1.54, 1.807) is 18.2 Å². The van der Waals surface area contributed by atoms with Gasteiger partial charge < -0.3 is 15.6 Å². The fourth-order valence-electron chi connectivity index (χ4n) is 3.30. The van der Waals surface area contributed by atoms with Gasteiger partial charge in [-0.25, -0.2) is 4.79 Å². The van der Waals surface area contributed by atoms with Crippen LogP contribution in [0.4, 0.5) is 10.6 Å². The molecule has 30 heavy (non-hydrogen) atoms. The molecule has 0 unspecified atom stereocenters. The number of pyridine rings is 1. The van der Waals surface area contributed by atoms with Crippen LogP contribution in [0, 0.1) is 5.92 Å². The maximum atomic E-state index is 13.3. The van der Waals surface area contributed by atoms with Gasteiger partial charge in [-0.2, -0.15) is 0 Å². The molecular formula is C21H23N3O5S. The largest absolute Gasteiger partial charge is 0.484 e. The van der Waals surface area contributed by atoms with Crippen molar-refractivity contribution in [1.82, 2.24) is 4.57 Å². The molecule has 158 valence electrons. The van der Waals surface area contributed by atoms with Crippen LogP contribution in [0.3, 0.4) is 0 Å². The van der Waals surface area contributed by atoms with E-state index in [2.05, 4.69) is 0 Å². The van der Waals surface area contributed by atoms with Crippen LogP contribution in [0.15, 0.2) is 40.5 Å². The summed E-state index contributed by atoms with van der Waals surface area (Å²) < 4.78 is 6.93. The van der Waals surface area contributed by atoms with E-state index in [1.807, 2.05) is 31.4 Å². The molecule has 2 heterocycles. The van der Waals surface area contributed by atoms with Gasteiger partial charge in [0, 0.05) is 34.8 Å². The monoisotopic (exact) mass is 429 g/mol. The Kier molecular flexibility index (Phi) is 6.12. The first kappa shape index (κ1) is 21.4. The minimum absolute atomic E-state index is 0.121. The molecule has 0 aliphatic carbocycles. The molecule has 3 aromatic rings. The Morgan fingerprint density at radius 2 is 2.00 bits per heavy atom. The zero-order chi connectivity index (χ0) is 22.0. The molecule has 0 fully saturated rings. The first-order valence-corrected chi connectivity index (χ1v) is 10.2. The molecular weight excluding hydrogens is 406 g/mol. The summed E-state index contributed by atoms with van der Waals surface area (Å²) in [5, 5.41) is 12.6. The van der Waals surface area contributed by atoms with Gasteiger partial charge in [-0.05, 0) is 35.6 Å². The summed E-state index contributed by atoms with van der Waals surface area (Å²) in [6, 6.07) is 8.62. The highest BCUT2D eigenvalue weighted by atomic mass is 32.1. The lowest BCUT2D eigenvalue weighted by atomic mass is 10.0.